The molecule has 0 atom stereocenters. The van der Waals surface area contributed by atoms with Gasteiger partial charge in [0.15, 0.2) is 10.8 Å². The number of nitrogens with one attached hydrogen (secondary N) is 1. The first-order valence-corrected chi connectivity index (χ1v) is 6.70. The molecule has 20 heavy (non-hydrogen) atoms. The Morgan fingerprint density at radius 3 is 2.85 bits per heavy atom. The zero-order chi connectivity index (χ0) is 14.3. The Bertz CT molecular complexity index is 519. The van der Waals surface area contributed by atoms with Crippen molar-refractivity contribution < 1.29 is 14.4 Å². The van der Waals surface area contributed by atoms with Crippen molar-refractivity contribution in [2.24, 2.45) is 5.16 Å². The van der Waals surface area contributed by atoms with Gasteiger partial charge >= 0.3 is 0 Å². The van der Waals surface area contributed by atoms with Crippen LogP contribution in [0.15, 0.2) is 23.2 Å². The zero-order valence-electron chi connectivity index (χ0n) is 9.97. The van der Waals surface area contributed by atoms with Crippen LogP contribution in [0.4, 0.5) is 5.13 Å². The lowest BCUT2D eigenvalue weighted by Crippen LogP contribution is -2.14. The van der Waals surface area contributed by atoms with Crippen LogP contribution in [0.5, 0.6) is 0 Å². The lowest BCUT2D eigenvalue weighted by molar-refractivity contribution is -0.114. The number of carbonyl (C=O) groups excluding carboxylic acids is 2. The molecule has 1 rings (SSSR count). The number of amides is 1. The first kappa shape index (κ1) is 18.9. The van der Waals surface area contributed by atoms with Gasteiger partial charge in [0.1, 0.15) is 18.2 Å². The number of alkyl halides is 1. The van der Waals surface area contributed by atoms with Crippen molar-refractivity contribution in [2.75, 3.05) is 17.8 Å². The lowest BCUT2D eigenvalue weighted by Gasteiger charge is -1.98. The number of aromatic nitrogens is 1. The number of thiazole rings is 1. The summed E-state index contributed by atoms with van der Waals surface area (Å²) in [5.41, 5.74) is 0.0603. The van der Waals surface area contributed by atoms with Gasteiger partial charge in [-0.05, 0) is 11.6 Å². The quantitative estimate of drug-likeness (QED) is 0.203. The van der Waals surface area contributed by atoms with E-state index in [1.807, 2.05) is 0 Å². The van der Waals surface area contributed by atoms with Crippen molar-refractivity contribution in [3.63, 3.8) is 0 Å². The Labute approximate surface area is 135 Å². The van der Waals surface area contributed by atoms with Crippen molar-refractivity contribution >= 4 is 68.9 Å². The van der Waals surface area contributed by atoms with E-state index in [-0.39, 0.29) is 41.4 Å². The van der Waals surface area contributed by atoms with Gasteiger partial charge < -0.3 is 10.2 Å². The molecule has 0 saturated heterocycles. The minimum atomic E-state index is -0.815. The summed E-state index contributed by atoms with van der Waals surface area (Å²) in [6.45, 7) is 3.57. The molecule has 1 amide bonds. The average molecular weight is 359 g/mol. The largest absolute Gasteiger partial charge is 0.391 e. The molecule has 0 aliphatic heterocycles. The number of rotatable bonds is 7. The van der Waals surface area contributed by atoms with Gasteiger partial charge in [-0.1, -0.05) is 17.8 Å². The van der Waals surface area contributed by atoms with Gasteiger partial charge in [-0.2, -0.15) is 0 Å². The smallest absolute Gasteiger partial charge is 0.276 e. The highest BCUT2D eigenvalue weighted by Crippen LogP contribution is 2.17. The number of anilines is 1. The fraction of sp³-hybridized carbons (Fsp3) is 0.200. The maximum atomic E-state index is 11.2. The zero-order valence-corrected chi connectivity index (χ0v) is 13.1. The molecule has 1 aromatic heterocycles. The van der Waals surface area contributed by atoms with E-state index in [0.717, 1.165) is 11.3 Å². The maximum absolute atomic E-state index is 11.2. The van der Waals surface area contributed by atoms with Crippen LogP contribution in [-0.2, 0) is 14.4 Å². The van der Waals surface area contributed by atoms with Gasteiger partial charge in [0.05, 0.1) is 0 Å². The van der Waals surface area contributed by atoms with Crippen LogP contribution in [-0.4, -0.2) is 34.3 Å². The molecule has 0 fully saturated rings. The Morgan fingerprint density at radius 1 is 1.60 bits per heavy atom. The molecule has 10 heteroatoms. The highest BCUT2D eigenvalue weighted by Gasteiger charge is 2.17. The number of nitrogens with zero attached hydrogens (tertiary/aromatic N) is 2. The van der Waals surface area contributed by atoms with Crippen LogP contribution < -0.4 is 5.32 Å². The van der Waals surface area contributed by atoms with E-state index in [0.29, 0.717) is 0 Å². The topological polar surface area (TPSA) is 80.6 Å². The number of oxime groups is 1. The third-order valence-corrected chi connectivity index (χ3v) is 2.83. The molecule has 0 unspecified atom stereocenters. The third kappa shape index (κ3) is 5.87. The molecular formula is C10H10Cl3N3O3S. The fourth-order valence-corrected chi connectivity index (χ4v) is 1.84. The van der Waals surface area contributed by atoms with Crippen LogP contribution in [0, 0.1) is 0 Å². The second-order valence-electron chi connectivity index (χ2n) is 3.02. The van der Waals surface area contributed by atoms with Gasteiger partial charge in [-0.15, -0.1) is 35.3 Å². The average Bonchev–Trinajstić information content (AvgIpc) is 2.82. The van der Waals surface area contributed by atoms with E-state index in [1.54, 1.807) is 0 Å². The SMILES string of the molecule is C=CCO/N=C(\C(=O)Cl)c1csc(NC(=O)CCl)n1.Cl. The first-order valence-electron chi connectivity index (χ1n) is 4.91. The van der Waals surface area contributed by atoms with E-state index >= 15 is 0 Å². The molecule has 1 heterocycles. The minimum absolute atomic E-state index is 0. The number of halogens is 3. The van der Waals surface area contributed by atoms with Crippen LogP contribution >= 0.6 is 46.9 Å². The summed E-state index contributed by atoms with van der Waals surface area (Å²) in [5, 5.41) is 6.99. The summed E-state index contributed by atoms with van der Waals surface area (Å²) in [7, 11) is 0. The van der Waals surface area contributed by atoms with Crippen LogP contribution in [0.1, 0.15) is 5.69 Å². The monoisotopic (exact) mass is 357 g/mol. The van der Waals surface area contributed by atoms with Crippen LogP contribution in [0.3, 0.4) is 0 Å². The second kappa shape index (κ2) is 9.71. The van der Waals surface area contributed by atoms with Crippen molar-refractivity contribution in [3.8, 4) is 0 Å². The third-order valence-electron chi connectivity index (χ3n) is 1.65. The molecule has 0 aliphatic carbocycles. The minimum Gasteiger partial charge on any atom is -0.391 e. The number of hydrogen-bond acceptors (Lipinski definition) is 6. The van der Waals surface area contributed by atoms with Gasteiger partial charge in [0.2, 0.25) is 5.91 Å². The molecule has 110 valence electrons. The summed E-state index contributed by atoms with van der Waals surface area (Å²) >= 11 is 11.8. The van der Waals surface area contributed by atoms with Crippen molar-refractivity contribution in [2.45, 2.75) is 0 Å². The van der Waals surface area contributed by atoms with E-state index < -0.39 is 11.1 Å². The predicted molar refractivity (Wildman–Crippen MR) is 82.3 cm³/mol. The number of carbonyl (C=O) groups is 2. The van der Waals surface area contributed by atoms with Gasteiger partial charge in [0.25, 0.3) is 5.24 Å². The summed E-state index contributed by atoms with van der Waals surface area (Å²) in [6.07, 6.45) is 1.47. The highest BCUT2D eigenvalue weighted by molar-refractivity contribution is 7.14. The molecule has 0 aromatic carbocycles. The molecule has 0 saturated carbocycles. The standard InChI is InChI=1S/C10H9Cl2N3O3S.ClH/c1-2-3-18-15-8(9(12)17)6-5-19-10(13-6)14-7(16)4-11;/h2,5H,1,3-4H2,(H,13,14,16);1H/b15-8-;. The van der Waals surface area contributed by atoms with E-state index in [1.165, 1.54) is 11.5 Å². The molecule has 1 aromatic rings. The van der Waals surface area contributed by atoms with Gasteiger partial charge in [-0.3, -0.25) is 9.59 Å². The summed E-state index contributed by atoms with van der Waals surface area (Å²) in [6, 6.07) is 0. The summed E-state index contributed by atoms with van der Waals surface area (Å²) < 4.78 is 0. The molecule has 0 spiro atoms. The Kier molecular flexibility index (Phi) is 9.15. The van der Waals surface area contributed by atoms with Crippen molar-refractivity contribution in [3.05, 3.63) is 23.7 Å². The Hall–Kier alpha value is -1.15. The highest BCUT2D eigenvalue weighted by atomic mass is 35.5. The lowest BCUT2D eigenvalue weighted by atomic mass is 10.3. The first-order chi connectivity index (χ1) is 9.08. The van der Waals surface area contributed by atoms with E-state index in [9.17, 15) is 9.59 Å². The van der Waals surface area contributed by atoms with E-state index in [4.69, 9.17) is 28.0 Å². The molecule has 0 radical (unpaired) electrons. The predicted octanol–water partition coefficient (Wildman–Crippen LogP) is 2.41. The Balaban J connectivity index is 0.00000361. The van der Waals surface area contributed by atoms with Crippen LogP contribution in [0.2, 0.25) is 0 Å². The molecule has 0 aliphatic rings. The number of hydrogen-bond donors (Lipinski definition) is 1. The molecular weight excluding hydrogens is 349 g/mol. The van der Waals surface area contributed by atoms with Gasteiger partial charge in [-0.25, -0.2) is 4.98 Å². The molecule has 6 nitrogen and oxygen atoms in total. The van der Waals surface area contributed by atoms with Crippen molar-refractivity contribution in [1.82, 2.24) is 4.98 Å². The molecule has 0 bridgehead atoms. The fourth-order valence-electron chi connectivity index (χ4n) is 0.930. The van der Waals surface area contributed by atoms with E-state index in [2.05, 4.69) is 22.0 Å². The molecule has 1 N–H and O–H groups in total. The summed E-state index contributed by atoms with van der Waals surface area (Å²) in [5.74, 6) is -0.589. The van der Waals surface area contributed by atoms with Gasteiger partial charge in [0, 0.05) is 5.38 Å². The normalized spacial score (nSPS) is 10.4. The van der Waals surface area contributed by atoms with Crippen molar-refractivity contribution in [1.29, 1.82) is 0 Å². The van der Waals surface area contributed by atoms with Crippen LogP contribution in [0.25, 0.3) is 0 Å². The maximum Gasteiger partial charge on any atom is 0.276 e. The Morgan fingerprint density at radius 2 is 2.30 bits per heavy atom. The summed E-state index contributed by atoms with van der Waals surface area (Å²) in [4.78, 5) is 31.1. The second-order valence-corrected chi connectivity index (χ2v) is 4.49.